The first-order chi connectivity index (χ1) is 5.79. The first-order valence-electron chi connectivity index (χ1n) is 3.66. The van der Waals surface area contributed by atoms with Crippen LogP contribution in [-0.2, 0) is 0 Å². The highest BCUT2D eigenvalue weighted by molar-refractivity contribution is 5.62. The van der Waals surface area contributed by atoms with Crippen LogP contribution in [-0.4, -0.2) is 0 Å². The summed E-state index contributed by atoms with van der Waals surface area (Å²) in [5.74, 6) is 0. The van der Waals surface area contributed by atoms with E-state index in [9.17, 15) is 4.79 Å². The highest BCUT2D eigenvalue weighted by atomic mass is 16.4. The first kappa shape index (κ1) is 8.53. The van der Waals surface area contributed by atoms with E-state index < -0.39 is 0 Å². The lowest BCUT2D eigenvalue weighted by Crippen LogP contribution is -2.03. The van der Waals surface area contributed by atoms with E-state index in [0.717, 1.165) is 5.56 Å². The van der Waals surface area contributed by atoms with Crippen LogP contribution < -0.4 is 5.63 Å². The summed E-state index contributed by atoms with van der Waals surface area (Å²) >= 11 is 0. The number of rotatable bonds is 2. The summed E-state index contributed by atoms with van der Waals surface area (Å²) in [5.41, 5.74) is 1.000. The third-order valence-corrected chi connectivity index (χ3v) is 1.50. The Morgan fingerprint density at radius 3 is 2.92 bits per heavy atom. The molecule has 0 unspecified atom stereocenters. The Labute approximate surface area is 70.8 Å². The Bertz CT molecular complexity index is 358. The van der Waals surface area contributed by atoms with Crippen LogP contribution in [0.2, 0.25) is 0 Å². The molecular weight excluding hydrogens is 152 g/mol. The molecule has 0 N–H and O–H groups in total. The van der Waals surface area contributed by atoms with E-state index in [4.69, 9.17) is 0 Å². The Balaban J connectivity index is 3.37. The van der Waals surface area contributed by atoms with Crippen LogP contribution in [0.15, 0.2) is 34.2 Å². The molecule has 0 aliphatic rings. The van der Waals surface area contributed by atoms with Gasteiger partial charge in [0.1, 0.15) is 0 Å². The van der Waals surface area contributed by atoms with Gasteiger partial charge >= 0.3 is 5.63 Å². The standard InChI is InChI=1S/C10H10O2/c1-3-5-8-6-7-12-10(11)9(8)4-2/h3-7H,2H2,1H3/b5-3-. The summed E-state index contributed by atoms with van der Waals surface area (Å²) in [6.45, 7) is 5.43. The summed E-state index contributed by atoms with van der Waals surface area (Å²) in [6, 6.07) is 1.73. The fourth-order valence-electron chi connectivity index (χ4n) is 0.966. The van der Waals surface area contributed by atoms with Gasteiger partial charge in [0.15, 0.2) is 0 Å². The van der Waals surface area contributed by atoms with Gasteiger partial charge in [-0.3, -0.25) is 0 Å². The quantitative estimate of drug-likeness (QED) is 0.668. The molecule has 0 spiro atoms. The van der Waals surface area contributed by atoms with Crippen molar-refractivity contribution in [1.82, 2.24) is 0 Å². The van der Waals surface area contributed by atoms with E-state index in [1.165, 1.54) is 12.3 Å². The summed E-state index contributed by atoms with van der Waals surface area (Å²) in [6.07, 6.45) is 6.58. The summed E-state index contributed by atoms with van der Waals surface area (Å²) in [7, 11) is 0. The van der Waals surface area contributed by atoms with Gasteiger partial charge in [-0.25, -0.2) is 4.79 Å². The zero-order valence-corrected chi connectivity index (χ0v) is 6.91. The molecule has 0 aliphatic heterocycles. The fourth-order valence-corrected chi connectivity index (χ4v) is 0.966. The van der Waals surface area contributed by atoms with Crippen molar-refractivity contribution in [1.29, 1.82) is 0 Å². The van der Waals surface area contributed by atoms with Crippen molar-refractivity contribution >= 4 is 12.2 Å². The zero-order chi connectivity index (χ0) is 8.97. The lowest BCUT2D eigenvalue weighted by Gasteiger charge is -1.95. The van der Waals surface area contributed by atoms with Gasteiger partial charge in [-0.1, -0.05) is 24.8 Å². The monoisotopic (exact) mass is 162 g/mol. The molecule has 0 fully saturated rings. The maximum Gasteiger partial charge on any atom is 0.343 e. The van der Waals surface area contributed by atoms with E-state index in [1.807, 2.05) is 19.1 Å². The molecule has 0 atom stereocenters. The van der Waals surface area contributed by atoms with Crippen LogP contribution in [0.5, 0.6) is 0 Å². The number of hydrogen-bond donors (Lipinski definition) is 0. The number of allylic oxidation sites excluding steroid dienone is 1. The van der Waals surface area contributed by atoms with Crippen LogP contribution in [0.1, 0.15) is 18.1 Å². The van der Waals surface area contributed by atoms with E-state index in [2.05, 4.69) is 11.0 Å². The largest absolute Gasteiger partial charge is 0.431 e. The molecule has 0 bridgehead atoms. The fraction of sp³-hybridized carbons (Fsp3) is 0.100. The van der Waals surface area contributed by atoms with Crippen molar-refractivity contribution in [2.75, 3.05) is 0 Å². The molecule has 0 amide bonds. The Morgan fingerprint density at radius 1 is 1.58 bits per heavy atom. The van der Waals surface area contributed by atoms with Crippen molar-refractivity contribution in [3.63, 3.8) is 0 Å². The van der Waals surface area contributed by atoms with Crippen molar-refractivity contribution in [2.24, 2.45) is 0 Å². The average Bonchev–Trinajstić information content (AvgIpc) is 2.05. The van der Waals surface area contributed by atoms with Crippen LogP contribution in [0, 0.1) is 0 Å². The SMILES string of the molecule is C=Cc1c(/C=C\C)ccoc1=O. The van der Waals surface area contributed by atoms with Gasteiger partial charge in [-0.05, 0) is 18.6 Å². The predicted octanol–water partition coefficient (Wildman–Crippen LogP) is 2.32. The second-order valence-electron chi connectivity index (χ2n) is 2.28. The molecule has 1 aromatic rings. The molecule has 0 radical (unpaired) electrons. The van der Waals surface area contributed by atoms with Crippen LogP contribution in [0.4, 0.5) is 0 Å². The molecule has 1 aromatic heterocycles. The molecule has 0 aliphatic carbocycles. The molecule has 62 valence electrons. The maximum atomic E-state index is 11.1. The smallest absolute Gasteiger partial charge is 0.343 e. The second-order valence-corrected chi connectivity index (χ2v) is 2.28. The molecular formula is C10H10O2. The Kier molecular flexibility index (Phi) is 2.64. The van der Waals surface area contributed by atoms with E-state index in [1.54, 1.807) is 6.07 Å². The lowest BCUT2D eigenvalue weighted by atomic mass is 10.1. The molecule has 0 saturated heterocycles. The van der Waals surface area contributed by atoms with Gasteiger partial charge in [0, 0.05) is 0 Å². The van der Waals surface area contributed by atoms with Crippen molar-refractivity contribution < 1.29 is 4.42 Å². The van der Waals surface area contributed by atoms with Crippen molar-refractivity contribution in [2.45, 2.75) is 6.92 Å². The Morgan fingerprint density at radius 2 is 2.33 bits per heavy atom. The minimum Gasteiger partial charge on any atom is -0.431 e. The van der Waals surface area contributed by atoms with Gasteiger partial charge in [-0.2, -0.15) is 0 Å². The van der Waals surface area contributed by atoms with Crippen LogP contribution in [0.25, 0.3) is 12.2 Å². The van der Waals surface area contributed by atoms with Gasteiger partial charge < -0.3 is 4.42 Å². The average molecular weight is 162 g/mol. The molecule has 1 rings (SSSR count). The Hall–Kier alpha value is -1.57. The van der Waals surface area contributed by atoms with Crippen molar-refractivity contribution in [3.8, 4) is 0 Å². The van der Waals surface area contributed by atoms with Gasteiger partial charge in [0.05, 0.1) is 11.8 Å². The molecule has 1 heterocycles. The van der Waals surface area contributed by atoms with Gasteiger partial charge in [0.2, 0.25) is 0 Å². The maximum absolute atomic E-state index is 11.1. The van der Waals surface area contributed by atoms with E-state index >= 15 is 0 Å². The summed E-state index contributed by atoms with van der Waals surface area (Å²) in [5, 5.41) is 0. The molecule has 12 heavy (non-hydrogen) atoms. The second kappa shape index (κ2) is 3.72. The lowest BCUT2D eigenvalue weighted by molar-refractivity contribution is 0.508. The normalized spacial score (nSPS) is 10.4. The molecule has 2 heteroatoms. The third-order valence-electron chi connectivity index (χ3n) is 1.50. The molecule has 2 nitrogen and oxygen atoms in total. The molecule has 0 saturated carbocycles. The highest BCUT2D eigenvalue weighted by Gasteiger charge is 2.00. The van der Waals surface area contributed by atoms with Gasteiger partial charge in [-0.15, -0.1) is 0 Å². The summed E-state index contributed by atoms with van der Waals surface area (Å²) in [4.78, 5) is 11.1. The number of hydrogen-bond acceptors (Lipinski definition) is 2. The third kappa shape index (κ3) is 1.53. The van der Waals surface area contributed by atoms with Crippen molar-refractivity contribution in [3.05, 3.63) is 46.5 Å². The minimum absolute atomic E-state index is 0.347. The zero-order valence-electron chi connectivity index (χ0n) is 6.91. The van der Waals surface area contributed by atoms with Gasteiger partial charge in [0.25, 0.3) is 0 Å². The van der Waals surface area contributed by atoms with Crippen LogP contribution in [0.3, 0.4) is 0 Å². The van der Waals surface area contributed by atoms with E-state index in [-0.39, 0.29) is 5.63 Å². The molecule has 0 aromatic carbocycles. The minimum atomic E-state index is -0.347. The first-order valence-corrected chi connectivity index (χ1v) is 3.66. The topological polar surface area (TPSA) is 30.2 Å². The predicted molar refractivity (Wildman–Crippen MR) is 49.8 cm³/mol. The highest BCUT2D eigenvalue weighted by Crippen LogP contribution is 2.06. The summed E-state index contributed by atoms with van der Waals surface area (Å²) < 4.78 is 4.68. The van der Waals surface area contributed by atoms with E-state index in [0.29, 0.717) is 5.56 Å². The van der Waals surface area contributed by atoms with Crippen LogP contribution >= 0.6 is 0 Å².